The molecule has 31 heavy (non-hydrogen) atoms. The zero-order valence-electron chi connectivity index (χ0n) is 17.8. The Morgan fingerprint density at radius 2 is 1.68 bits per heavy atom. The van der Waals surface area contributed by atoms with E-state index < -0.39 is 0 Å². The zero-order chi connectivity index (χ0) is 21.8. The molecule has 160 valence electrons. The number of benzene rings is 2. The number of aryl methyl sites for hydroxylation is 1. The molecule has 2 heterocycles. The van der Waals surface area contributed by atoms with Crippen molar-refractivity contribution >= 4 is 11.9 Å². The van der Waals surface area contributed by atoms with E-state index in [0.717, 1.165) is 5.56 Å². The van der Waals surface area contributed by atoms with Gasteiger partial charge in [0, 0.05) is 43.9 Å². The minimum atomic E-state index is -0.0848. The number of piperazine rings is 1. The minimum Gasteiger partial charge on any atom is -0.436 e. The molecule has 0 bridgehead atoms. The van der Waals surface area contributed by atoms with Crippen LogP contribution in [0.5, 0.6) is 0 Å². The fourth-order valence-electron chi connectivity index (χ4n) is 3.65. The second kappa shape index (κ2) is 9.04. The Kier molecular flexibility index (Phi) is 6.02. The van der Waals surface area contributed by atoms with Crippen LogP contribution in [0.4, 0.5) is 4.79 Å². The first kappa shape index (κ1) is 20.7. The van der Waals surface area contributed by atoms with Gasteiger partial charge >= 0.3 is 6.03 Å². The number of hydrogen-bond donors (Lipinski definition) is 1. The van der Waals surface area contributed by atoms with E-state index >= 15 is 0 Å². The van der Waals surface area contributed by atoms with Crippen molar-refractivity contribution in [1.82, 2.24) is 20.1 Å². The quantitative estimate of drug-likeness (QED) is 0.699. The molecule has 0 radical (unpaired) electrons. The molecule has 4 rings (SSSR count). The summed E-state index contributed by atoms with van der Waals surface area (Å²) in [6.45, 7) is 6.52. The Bertz CT molecular complexity index is 1070. The summed E-state index contributed by atoms with van der Waals surface area (Å²) in [6.07, 6.45) is 1.69. The van der Waals surface area contributed by atoms with Gasteiger partial charge in [-0.2, -0.15) is 0 Å². The maximum absolute atomic E-state index is 13.2. The van der Waals surface area contributed by atoms with E-state index in [0.29, 0.717) is 55.5 Å². The molecule has 1 N–H and O–H groups in total. The standard InChI is InChI=1S/C24H26N4O3/c1-3-25-24(30)28-14-12-27(13-15-28)23(29)20-7-5-4-6-19(20)22-26-16-21(31-22)18-10-8-17(2)9-11-18/h4-11,16H,3,12-15H2,1-2H3,(H,25,30). The topological polar surface area (TPSA) is 78.7 Å². The van der Waals surface area contributed by atoms with Crippen LogP contribution in [-0.4, -0.2) is 59.4 Å². The van der Waals surface area contributed by atoms with Gasteiger partial charge in [-0.1, -0.05) is 42.0 Å². The molecule has 1 aliphatic rings. The highest BCUT2D eigenvalue weighted by molar-refractivity contribution is 6.00. The lowest BCUT2D eigenvalue weighted by molar-refractivity contribution is 0.0666. The monoisotopic (exact) mass is 418 g/mol. The predicted octanol–water partition coefficient (Wildman–Crippen LogP) is 3.80. The number of oxazole rings is 1. The molecule has 0 spiro atoms. The number of carbonyl (C=O) groups is 2. The number of urea groups is 1. The maximum Gasteiger partial charge on any atom is 0.317 e. The van der Waals surface area contributed by atoms with Gasteiger partial charge in [-0.05, 0) is 26.0 Å². The normalized spacial score (nSPS) is 13.9. The number of amides is 3. The third kappa shape index (κ3) is 4.45. The molecule has 0 saturated carbocycles. The molecule has 0 aliphatic carbocycles. The molecule has 0 atom stereocenters. The van der Waals surface area contributed by atoms with Crippen LogP contribution in [0.25, 0.3) is 22.8 Å². The second-order valence-corrected chi connectivity index (χ2v) is 7.56. The van der Waals surface area contributed by atoms with Crippen LogP contribution < -0.4 is 5.32 Å². The van der Waals surface area contributed by atoms with Gasteiger partial charge in [-0.3, -0.25) is 4.79 Å². The van der Waals surface area contributed by atoms with Crippen molar-refractivity contribution in [3.05, 3.63) is 65.9 Å². The van der Waals surface area contributed by atoms with Crippen molar-refractivity contribution in [2.45, 2.75) is 13.8 Å². The third-order valence-corrected chi connectivity index (χ3v) is 5.41. The molecule has 3 aromatic rings. The van der Waals surface area contributed by atoms with Gasteiger partial charge in [0.25, 0.3) is 5.91 Å². The Balaban J connectivity index is 1.52. The van der Waals surface area contributed by atoms with Gasteiger partial charge in [0.05, 0.1) is 11.8 Å². The van der Waals surface area contributed by atoms with Crippen LogP contribution >= 0.6 is 0 Å². The van der Waals surface area contributed by atoms with Gasteiger partial charge in [0.15, 0.2) is 5.76 Å². The van der Waals surface area contributed by atoms with Crippen molar-refractivity contribution in [2.75, 3.05) is 32.7 Å². The Morgan fingerprint density at radius 1 is 1.00 bits per heavy atom. The first-order valence-electron chi connectivity index (χ1n) is 10.5. The van der Waals surface area contributed by atoms with E-state index in [1.165, 1.54) is 5.56 Å². The van der Waals surface area contributed by atoms with Crippen LogP contribution in [0, 0.1) is 6.92 Å². The summed E-state index contributed by atoms with van der Waals surface area (Å²) < 4.78 is 6.01. The highest BCUT2D eigenvalue weighted by Crippen LogP contribution is 2.29. The van der Waals surface area contributed by atoms with Gasteiger partial charge in [-0.25, -0.2) is 9.78 Å². The van der Waals surface area contributed by atoms with E-state index in [4.69, 9.17) is 4.42 Å². The van der Waals surface area contributed by atoms with Crippen LogP contribution in [0.2, 0.25) is 0 Å². The molecule has 7 nitrogen and oxygen atoms in total. The molecule has 1 aliphatic heterocycles. The number of nitrogens with one attached hydrogen (secondary N) is 1. The predicted molar refractivity (Wildman–Crippen MR) is 119 cm³/mol. The molecule has 1 fully saturated rings. The van der Waals surface area contributed by atoms with Crippen LogP contribution in [0.15, 0.2) is 59.1 Å². The molecule has 1 aromatic heterocycles. The zero-order valence-corrected chi connectivity index (χ0v) is 17.8. The average molecular weight is 418 g/mol. The number of aromatic nitrogens is 1. The van der Waals surface area contributed by atoms with E-state index in [-0.39, 0.29) is 11.9 Å². The molecule has 3 amide bonds. The molecule has 2 aromatic carbocycles. The Hall–Kier alpha value is -3.61. The fourth-order valence-corrected chi connectivity index (χ4v) is 3.65. The summed E-state index contributed by atoms with van der Waals surface area (Å²) in [5.74, 6) is 0.995. The highest BCUT2D eigenvalue weighted by atomic mass is 16.4. The average Bonchev–Trinajstić information content (AvgIpc) is 3.29. The lowest BCUT2D eigenvalue weighted by atomic mass is 10.1. The van der Waals surface area contributed by atoms with E-state index in [2.05, 4.69) is 10.3 Å². The summed E-state index contributed by atoms with van der Waals surface area (Å²) in [5.41, 5.74) is 3.32. The van der Waals surface area contributed by atoms with E-state index in [1.54, 1.807) is 22.1 Å². The summed E-state index contributed by atoms with van der Waals surface area (Å²) in [6, 6.07) is 15.3. The van der Waals surface area contributed by atoms with Crippen molar-refractivity contribution in [3.8, 4) is 22.8 Å². The molecular formula is C24H26N4O3. The highest BCUT2D eigenvalue weighted by Gasteiger charge is 2.27. The van der Waals surface area contributed by atoms with Gasteiger partial charge in [0.2, 0.25) is 5.89 Å². The van der Waals surface area contributed by atoms with Gasteiger partial charge in [0.1, 0.15) is 0 Å². The first-order valence-corrected chi connectivity index (χ1v) is 10.5. The fraction of sp³-hybridized carbons (Fsp3) is 0.292. The molecule has 1 saturated heterocycles. The van der Waals surface area contributed by atoms with Crippen molar-refractivity contribution in [2.24, 2.45) is 0 Å². The van der Waals surface area contributed by atoms with Crippen LogP contribution in [-0.2, 0) is 0 Å². The summed E-state index contributed by atoms with van der Waals surface area (Å²) >= 11 is 0. The summed E-state index contributed by atoms with van der Waals surface area (Å²) in [5, 5.41) is 2.80. The SMILES string of the molecule is CCNC(=O)N1CCN(C(=O)c2ccccc2-c2ncc(-c3ccc(C)cc3)o2)CC1. The van der Waals surface area contributed by atoms with Crippen molar-refractivity contribution in [3.63, 3.8) is 0 Å². The minimum absolute atomic E-state index is 0.0822. The van der Waals surface area contributed by atoms with Crippen molar-refractivity contribution in [1.29, 1.82) is 0 Å². The number of rotatable bonds is 4. The third-order valence-electron chi connectivity index (χ3n) is 5.41. The summed E-state index contributed by atoms with van der Waals surface area (Å²) in [4.78, 5) is 33.2. The van der Waals surface area contributed by atoms with E-state index in [9.17, 15) is 9.59 Å². The van der Waals surface area contributed by atoms with Crippen LogP contribution in [0.3, 0.4) is 0 Å². The Labute approximate surface area is 181 Å². The molecule has 0 unspecified atom stereocenters. The molecular weight excluding hydrogens is 392 g/mol. The number of carbonyl (C=O) groups excluding carboxylic acids is 2. The van der Waals surface area contributed by atoms with Gasteiger partial charge < -0.3 is 19.5 Å². The number of nitrogens with zero attached hydrogens (tertiary/aromatic N) is 3. The largest absolute Gasteiger partial charge is 0.436 e. The van der Waals surface area contributed by atoms with E-state index in [1.807, 2.05) is 56.3 Å². The van der Waals surface area contributed by atoms with Gasteiger partial charge in [-0.15, -0.1) is 0 Å². The Morgan fingerprint density at radius 3 is 2.39 bits per heavy atom. The lowest BCUT2D eigenvalue weighted by Crippen LogP contribution is -2.53. The number of hydrogen-bond acceptors (Lipinski definition) is 4. The first-order chi connectivity index (χ1) is 15.1. The summed E-state index contributed by atoms with van der Waals surface area (Å²) in [7, 11) is 0. The van der Waals surface area contributed by atoms with Crippen LogP contribution in [0.1, 0.15) is 22.8 Å². The lowest BCUT2D eigenvalue weighted by Gasteiger charge is -2.34. The smallest absolute Gasteiger partial charge is 0.317 e. The maximum atomic E-state index is 13.2. The van der Waals surface area contributed by atoms with Crippen molar-refractivity contribution < 1.29 is 14.0 Å². The second-order valence-electron chi connectivity index (χ2n) is 7.56. The molecule has 7 heteroatoms.